The molecule has 1 saturated carbocycles. The standard InChI is InChI=1S/C17H26N2O/c18-11-13-6-8-15(9-7-13)17(20)12-19-10-2-4-14-3-1-5-16(14)19/h6-9,14,16-17,20H,1-5,10-12,18H2. The van der Waals surface area contributed by atoms with Gasteiger partial charge in [0, 0.05) is 19.1 Å². The Balaban J connectivity index is 1.63. The summed E-state index contributed by atoms with van der Waals surface area (Å²) < 4.78 is 0. The fourth-order valence-electron chi connectivity index (χ4n) is 3.99. The number of benzene rings is 1. The Hall–Kier alpha value is -0.900. The van der Waals surface area contributed by atoms with Crippen molar-refractivity contribution in [3.8, 4) is 0 Å². The van der Waals surface area contributed by atoms with Gasteiger partial charge in [-0.25, -0.2) is 0 Å². The number of piperidine rings is 1. The molecule has 0 amide bonds. The molecule has 3 rings (SSSR count). The minimum absolute atomic E-state index is 0.374. The SMILES string of the molecule is NCc1ccc(C(O)CN2CCCC3CCCC32)cc1. The number of hydrogen-bond donors (Lipinski definition) is 2. The fourth-order valence-corrected chi connectivity index (χ4v) is 3.99. The number of rotatable bonds is 4. The summed E-state index contributed by atoms with van der Waals surface area (Å²) in [6, 6.07) is 8.80. The molecule has 3 atom stereocenters. The van der Waals surface area contributed by atoms with E-state index in [1.54, 1.807) is 0 Å². The molecule has 0 radical (unpaired) electrons. The van der Waals surface area contributed by atoms with Gasteiger partial charge < -0.3 is 10.8 Å². The first-order valence-corrected chi connectivity index (χ1v) is 7.99. The van der Waals surface area contributed by atoms with Crippen molar-refractivity contribution in [2.45, 2.75) is 50.8 Å². The number of aliphatic hydroxyl groups excluding tert-OH is 1. The number of nitrogens with zero attached hydrogens (tertiary/aromatic N) is 1. The van der Waals surface area contributed by atoms with Crippen LogP contribution in [-0.2, 0) is 6.54 Å². The number of fused-ring (bicyclic) bond motifs is 1. The second-order valence-electron chi connectivity index (χ2n) is 6.36. The largest absolute Gasteiger partial charge is 0.387 e. The first-order chi connectivity index (χ1) is 9.78. The van der Waals surface area contributed by atoms with Gasteiger partial charge in [-0.15, -0.1) is 0 Å². The third-order valence-electron chi connectivity index (χ3n) is 5.12. The summed E-state index contributed by atoms with van der Waals surface area (Å²) in [5.41, 5.74) is 7.75. The Kier molecular flexibility index (Phi) is 4.39. The molecule has 0 bridgehead atoms. The molecule has 1 aromatic rings. The van der Waals surface area contributed by atoms with E-state index in [0.29, 0.717) is 6.54 Å². The Labute approximate surface area is 121 Å². The average molecular weight is 274 g/mol. The predicted octanol–water partition coefficient (Wildman–Crippen LogP) is 2.44. The van der Waals surface area contributed by atoms with Crippen LogP contribution >= 0.6 is 0 Å². The molecule has 20 heavy (non-hydrogen) atoms. The molecule has 1 heterocycles. The van der Waals surface area contributed by atoms with Crippen LogP contribution in [-0.4, -0.2) is 29.1 Å². The molecular formula is C17H26N2O. The lowest BCUT2D eigenvalue weighted by Gasteiger charge is -2.38. The van der Waals surface area contributed by atoms with Gasteiger partial charge in [0.25, 0.3) is 0 Å². The van der Waals surface area contributed by atoms with Gasteiger partial charge in [0.05, 0.1) is 6.10 Å². The van der Waals surface area contributed by atoms with Crippen LogP contribution in [0.4, 0.5) is 0 Å². The normalized spacial score (nSPS) is 28.3. The lowest BCUT2D eigenvalue weighted by atomic mass is 9.91. The van der Waals surface area contributed by atoms with E-state index in [1.165, 1.54) is 32.1 Å². The van der Waals surface area contributed by atoms with Gasteiger partial charge in [-0.05, 0) is 49.3 Å². The molecular weight excluding hydrogens is 248 g/mol. The Morgan fingerprint density at radius 1 is 1.15 bits per heavy atom. The minimum Gasteiger partial charge on any atom is -0.387 e. The maximum absolute atomic E-state index is 10.5. The molecule has 2 aliphatic rings. The summed E-state index contributed by atoms with van der Waals surface area (Å²) in [6.45, 7) is 2.49. The van der Waals surface area contributed by atoms with Crippen LogP contribution in [0.2, 0.25) is 0 Å². The topological polar surface area (TPSA) is 49.5 Å². The zero-order chi connectivity index (χ0) is 13.9. The highest BCUT2D eigenvalue weighted by molar-refractivity contribution is 5.24. The second-order valence-corrected chi connectivity index (χ2v) is 6.36. The van der Waals surface area contributed by atoms with E-state index in [9.17, 15) is 5.11 Å². The molecule has 0 spiro atoms. The van der Waals surface area contributed by atoms with Crippen molar-refractivity contribution in [1.29, 1.82) is 0 Å². The molecule has 1 aliphatic carbocycles. The average Bonchev–Trinajstić information content (AvgIpc) is 2.97. The van der Waals surface area contributed by atoms with Gasteiger partial charge in [0.2, 0.25) is 0 Å². The van der Waals surface area contributed by atoms with Gasteiger partial charge in [-0.1, -0.05) is 30.7 Å². The third-order valence-corrected chi connectivity index (χ3v) is 5.12. The number of aliphatic hydroxyl groups is 1. The summed E-state index contributed by atoms with van der Waals surface area (Å²) in [5, 5.41) is 10.5. The van der Waals surface area contributed by atoms with Crippen LogP contribution in [0.3, 0.4) is 0 Å². The van der Waals surface area contributed by atoms with Crippen LogP contribution < -0.4 is 5.73 Å². The highest BCUT2D eigenvalue weighted by atomic mass is 16.3. The van der Waals surface area contributed by atoms with E-state index in [0.717, 1.165) is 36.2 Å². The molecule has 2 fully saturated rings. The first kappa shape index (κ1) is 14.1. The number of hydrogen-bond acceptors (Lipinski definition) is 3. The van der Waals surface area contributed by atoms with E-state index >= 15 is 0 Å². The number of nitrogens with two attached hydrogens (primary N) is 1. The molecule has 1 aliphatic heterocycles. The maximum atomic E-state index is 10.5. The quantitative estimate of drug-likeness (QED) is 0.886. The summed E-state index contributed by atoms with van der Waals surface area (Å²) in [4.78, 5) is 2.53. The van der Waals surface area contributed by atoms with Crippen LogP contribution in [0.25, 0.3) is 0 Å². The molecule has 3 unspecified atom stereocenters. The first-order valence-electron chi connectivity index (χ1n) is 7.99. The van der Waals surface area contributed by atoms with E-state index in [1.807, 2.05) is 24.3 Å². The number of β-amino-alcohol motifs (C(OH)–C–C–N with tert-alkyl or cyclic N) is 1. The van der Waals surface area contributed by atoms with Crippen molar-refractivity contribution < 1.29 is 5.11 Å². The zero-order valence-corrected chi connectivity index (χ0v) is 12.2. The van der Waals surface area contributed by atoms with Crippen LogP contribution in [0, 0.1) is 5.92 Å². The van der Waals surface area contributed by atoms with Gasteiger partial charge in [0.1, 0.15) is 0 Å². The zero-order valence-electron chi connectivity index (χ0n) is 12.2. The lowest BCUT2D eigenvalue weighted by molar-refractivity contribution is 0.0506. The highest BCUT2D eigenvalue weighted by Gasteiger charge is 2.35. The van der Waals surface area contributed by atoms with Crippen molar-refractivity contribution in [2.24, 2.45) is 11.7 Å². The Bertz CT molecular complexity index is 431. The number of likely N-dealkylation sites (tertiary alicyclic amines) is 1. The van der Waals surface area contributed by atoms with Crippen molar-refractivity contribution in [3.05, 3.63) is 35.4 Å². The molecule has 110 valence electrons. The van der Waals surface area contributed by atoms with Gasteiger partial charge in [-0.2, -0.15) is 0 Å². The molecule has 1 aromatic carbocycles. The third kappa shape index (κ3) is 2.90. The van der Waals surface area contributed by atoms with Crippen molar-refractivity contribution in [1.82, 2.24) is 4.90 Å². The van der Waals surface area contributed by atoms with E-state index in [2.05, 4.69) is 4.90 Å². The Morgan fingerprint density at radius 2 is 1.90 bits per heavy atom. The van der Waals surface area contributed by atoms with Crippen LogP contribution in [0.15, 0.2) is 24.3 Å². The van der Waals surface area contributed by atoms with Crippen LogP contribution in [0.5, 0.6) is 0 Å². The van der Waals surface area contributed by atoms with E-state index < -0.39 is 0 Å². The molecule has 3 heteroatoms. The molecule has 3 nitrogen and oxygen atoms in total. The minimum atomic E-state index is -0.374. The summed E-state index contributed by atoms with van der Waals surface area (Å²) in [6.07, 6.45) is 6.39. The fraction of sp³-hybridized carbons (Fsp3) is 0.647. The smallest absolute Gasteiger partial charge is 0.0917 e. The maximum Gasteiger partial charge on any atom is 0.0917 e. The van der Waals surface area contributed by atoms with E-state index in [4.69, 9.17) is 5.73 Å². The molecule has 0 aromatic heterocycles. The van der Waals surface area contributed by atoms with Crippen molar-refractivity contribution >= 4 is 0 Å². The van der Waals surface area contributed by atoms with Gasteiger partial charge in [0.15, 0.2) is 0 Å². The summed E-state index contributed by atoms with van der Waals surface area (Å²) in [7, 11) is 0. The summed E-state index contributed by atoms with van der Waals surface area (Å²) in [5.74, 6) is 0.885. The van der Waals surface area contributed by atoms with E-state index in [-0.39, 0.29) is 6.10 Å². The lowest BCUT2D eigenvalue weighted by Crippen LogP contribution is -2.44. The Morgan fingerprint density at radius 3 is 2.65 bits per heavy atom. The summed E-state index contributed by atoms with van der Waals surface area (Å²) >= 11 is 0. The van der Waals surface area contributed by atoms with Crippen molar-refractivity contribution in [3.63, 3.8) is 0 Å². The predicted molar refractivity (Wildman–Crippen MR) is 81.2 cm³/mol. The molecule has 1 saturated heterocycles. The second kappa shape index (κ2) is 6.25. The molecule has 3 N–H and O–H groups in total. The van der Waals surface area contributed by atoms with Crippen LogP contribution in [0.1, 0.15) is 49.3 Å². The van der Waals surface area contributed by atoms with Gasteiger partial charge >= 0.3 is 0 Å². The van der Waals surface area contributed by atoms with Gasteiger partial charge in [-0.3, -0.25) is 4.90 Å². The highest BCUT2D eigenvalue weighted by Crippen LogP contribution is 2.37. The van der Waals surface area contributed by atoms with Crippen molar-refractivity contribution in [2.75, 3.05) is 13.1 Å². The monoisotopic (exact) mass is 274 g/mol.